The van der Waals surface area contributed by atoms with Gasteiger partial charge in [0.05, 0.1) is 47.1 Å². The predicted octanol–water partition coefficient (Wildman–Crippen LogP) is 7.34. The molecule has 0 saturated carbocycles. The Bertz CT molecular complexity index is 732. The van der Waals surface area contributed by atoms with Gasteiger partial charge in [0.1, 0.15) is 0 Å². The minimum absolute atomic E-state index is 0.133. The molecule has 1 aromatic rings. The van der Waals surface area contributed by atoms with Crippen molar-refractivity contribution in [2.75, 3.05) is 38.8 Å². The maximum absolute atomic E-state index is 12.6. The normalized spacial score (nSPS) is 12.1. The van der Waals surface area contributed by atoms with Crippen molar-refractivity contribution in [1.29, 1.82) is 0 Å². The molecule has 0 spiro atoms. The molecule has 0 aliphatic carbocycles. The number of rotatable bonds is 16. The molecule has 1 rings (SSSR count). The first-order chi connectivity index (χ1) is 15.2. The van der Waals surface area contributed by atoms with Gasteiger partial charge >= 0.3 is 15.2 Å². The minimum atomic E-state index is -3.16. The van der Waals surface area contributed by atoms with Crippen LogP contribution in [0.1, 0.15) is 38.8 Å². The fourth-order valence-corrected chi connectivity index (χ4v) is 9.25. The van der Waals surface area contributed by atoms with Crippen molar-refractivity contribution in [3.63, 3.8) is 0 Å². The van der Waals surface area contributed by atoms with E-state index < -0.39 is 15.2 Å². The van der Waals surface area contributed by atoms with Crippen LogP contribution in [-0.2, 0) is 38.7 Å². The van der Waals surface area contributed by atoms with Crippen molar-refractivity contribution in [1.82, 2.24) is 0 Å². The first kappa shape index (κ1) is 30.4. The lowest BCUT2D eigenvalue weighted by Gasteiger charge is -2.17. The van der Waals surface area contributed by atoms with E-state index in [1.807, 2.05) is 24.3 Å². The highest BCUT2D eigenvalue weighted by Crippen LogP contribution is 2.49. The van der Waals surface area contributed by atoms with Crippen molar-refractivity contribution in [3.8, 4) is 0 Å². The Morgan fingerprint density at radius 3 is 1.22 bits per heavy atom. The van der Waals surface area contributed by atoms with Gasteiger partial charge in [-0.3, -0.25) is 9.13 Å². The predicted molar refractivity (Wildman–Crippen MR) is 146 cm³/mol. The first-order valence-corrected chi connectivity index (χ1v) is 16.6. The van der Waals surface area contributed by atoms with E-state index in [1.54, 1.807) is 27.7 Å². The molecular formula is C20H32O6P2S4. The van der Waals surface area contributed by atoms with E-state index in [9.17, 15) is 9.13 Å². The maximum atomic E-state index is 12.6. The standard InChI is InChI=1S/C20H32O6P2S4/c1-5-23-27(21,24-6-2)13-19(29)31-15-17-9-11-18(12-10-17)16-32-20(30)14-28(22,25-7-3)26-8-4/h9-12H,5-8,13-16H2,1-4H3. The minimum Gasteiger partial charge on any atom is -0.309 e. The van der Waals surface area contributed by atoms with Crippen LogP contribution in [0.2, 0.25) is 0 Å². The maximum Gasteiger partial charge on any atom is 0.336 e. The van der Waals surface area contributed by atoms with Gasteiger partial charge in [-0.1, -0.05) is 48.7 Å². The van der Waals surface area contributed by atoms with Crippen molar-refractivity contribution >= 4 is 71.5 Å². The van der Waals surface area contributed by atoms with Crippen LogP contribution in [0.15, 0.2) is 24.3 Å². The summed E-state index contributed by atoms with van der Waals surface area (Å²) in [4.78, 5) is 0. The summed E-state index contributed by atoms with van der Waals surface area (Å²) in [7, 11) is -6.32. The molecule has 0 heterocycles. The van der Waals surface area contributed by atoms with Crippen LogP contribution in [0.25, 0.3) is 0 Å². The Kier molecular flexibility index (Phi) is 15.4. The van der Waals surface area contributed by atoms with E-state index in [0.717, 1.165) is 11.1 Å². The Morgan fingerprint density at radius 2 is 0.969 bits per heavy atom. The van der Waals surface area contributed by atoms with Crippen LogP contribution in [0.4, 0.5) is 0 Å². The SMILES string of the molecule is CCOP(=O)(CC(=S)SCc1ccc(CSC(=S)CP(=O)(OCC)OCC)cc1)OCC. The van der Waals surface area contributed by atoms with Crippen LogP contribution in [0.3, 0.4) is 0 Å². The second kappa shape index (κ2) is 16.1. The molecule has 0 amide bonds. The monoisotopic (exact) mass is 558 g/mol. The molecule has 6 nitrogen and oxygen atoms in total. The van der Waals surface area contributed by atoms with Crippen LogP contribution < -0.4 is 0 Å². The van der Waals surface area contributed by atoms with Crippen LogP contribution >= 0.6 is 63.2 Å². The first-order valence-electron chi connectivity index (χ1n) is 10.3. The van der Waals surface area contributed by atoms with Gasteiger partial charge in [-0.25, -0.2) is 0 Å². The average Bonchev–Trinajstić information content (AvgIpc) is 2.72. The highest BCUT2D eigenvalue weighted by Gasteiger charge is 2.26. The van der Waals surface area contributed by atoms with Gasteiger partial charge in [-0.05, 0) is 38.8 Å². The highest BCUT2D eigenvalue weighted by molar-refractivity contribution is 8.23. The third kappa shape index (κ3) is 12.2. The smallest absolute Gasteiger partial charge is 0.309 e. The number of thiocarbonyl (C=S) groups is 2. The molecule has 0 aromatic heterocycles. The summed E-state index contributed by atoms with van der Waals surface area (Å²) in [6.07, 6.45) is 0.266. The van der Waals surface area contributed by atoms with Gasteiger partial charge in [-0.15, -0.1) is 23.5 Å². The fraction of sp³-hybridized carbons (Fsp3) is 0.600. The second-order valence-electron chi connectivity index (χ2n) is 6.35. The average molecular weight is 559 g/mol. The fourth-order valence-electron chi connectivity index (χ4n) is 2.51. The van der Waals surface area contributed by atoms with Gasteiger partial charge in [0, 0.05) is 11.5 Å². The Hall–Kier alpha value is 0.400. The summed E-state index contributed by atoms with van der Waals surface area (Å²) in [6, 6.07) is 8.13. The molecule has 32 heavy (non-hydrogen) atoms. The van der Waals surface area contributed by atoms with Gasteiger partial charge in [0.25, 0.3) is 0 Å². The lowest BCUT2D eigenvalue weighted by molar-refractivity contribution is 0.222. The summed E-state index contributed by atoms with van der Waals surface area (Å²) >= 11 is 13.7. The Labute approximate surface area is 211 Å². The van der Waals surface area contributed by atoms with E-state index >= 15 is 0 Å². The van der Waals surface area contributed by atoms with Crippen molar-refractivity contribution in [2.24, 2.45) is 0 Å². The molecular weight excluding hydrogens is 526 g/mol. The largest absolute Gasteiger partial charge is 0.336 e. The van der Waals surface area contributed by atoms with E-state index in [1.165, 1.54) is 23.5 Å². The molecule has 0 N–H and O–H groups in total. The van der Waals surface area contributed by atoms with Crippen LogP contribution in [-0.4, -0.2) is 47.1 Å². The quantitative estimate of drug-likeness (QED) is 0.152. The molecule has 0 saturated heterocycles. The summed E-state index contributed by atoms with van der Waals surface area (Å²) in [5, 5.41) is 0. The zero-order chi connectivity index (χ0) is 24.0. The molecule has 0 aliphatic heterocycles. The Balaban J connectivity index is 2.51. The number of hydrogen-bond donors (Lipinski definition) is 0. The zero-order valence-electron chi connectivity index (χ0n) is 18.9. The van der Waals surface area contributed by atoms with E-state index in [-0.39, 0.29) is 12.3 Å². The van der Waals surface area contributed by atoms with Crippen molar-refractivity contribution in [2.45, 2.75) is 39.2 Å². The molecule has 0 bridgehead atoms. The zero-order valence-corrected chi connectivity index (χ0v) is 24.0. The van der Waals surface area contributed by atoms with Gasteiger partial charge in [0.15, 0.2) is 0 Å². The lowest BCUT2D eigenvalue weighted by atomic mass is 10.2. The molecule has 182 valence electrons. The highest BCUT2D eigenvalue weighted by atomic mass is 32.2. The molecule has 0 aliphatic rings. The molecule has 0 radical (unpaired) electrons. The number of benzene rings is 1. The Morgan fingerprint density at radius 1 is 0.688 bits per heavy atom. The van der Waals surface area contributed by atoms with Crippen LogP contribution in [0, 0.1) is 0 Å². The third-order valence-corrected chi connectivity index (χ3v) is 11.5. The van der Waals surface area contributed by atoms with E-state index in [4.69, 9.17) is 42.5 Å². The van der Waals surface area contributed by atoms with Crippen LogP contribution in [0.5, 0.6) is 0 Å². The lowest BCUT2D eigenvalue weighted by Crippen LogP contribution is -2.06. The number of thioether (sulfide) groups is 2. The second-order valence-corrected chi connectivity index (χ2v) is 14.1. The van der Waals surface area contributed by atoms with Gasteiger partial charge < -0.3 is 18.1 Å². The topological polar surface area (TPSA) is 71.1 Å². The third-order valence-electron chi connectivity index (χ3n) is 3.77. The van der Waals surface area contributed by atoms with Gasteiger partial charge in [-0.2, -0.15) is 0 Å². The summed E-state index contributed by atoms with van der Waals surface area (Å²) in [5.74, 6) is 1.35. The van der Waals surface area contributed by atoms with E-state index in [0.29, 0.717) is 46.3 Å². The van der Waals surface area contributed by atoms with Crippen molar-refractivity contribution < 1.29 is 27.2 Å². The summed E-state index contributed by atoms with van der Waals surface area (Å²) < 4.78 is 47.6. The van der Waals surface area contributed by atoms with Crippen molar-refractivity contribution in [3.05, 3.63) is 35.4 Å². The molecule has 1 aromatic carbocycles. The molecule has 0 unspecified atom stereocenters. The number of hydrogen-bond acceptors (Lipinski definition) is 10. The molecule has 12 heteroatoms. The molecule has 0 fully saturated rings. The summed E-state index contributed by atoms with van der Waals surface area (Å²) in [6.45, 7) is 8.42. The molecule has 0 atom stereocenters. The van der Waals surface area contributed by atoms with Gasteiger partial charge in [0.2, 0.25) is 0 Å². The summed E-state index contributed by atoms with van der Waals surface area (Å²) in [5.41, 5.74) is 2.21. The van der Waals surface area contributed by atoms with E-state index in [2.05, 4.69) is 0 Å².